The number of hydrogen-bond donors (Lipinski definition) is 2. The number of rotatable bonds is 4. The van der Waals surface area contributed by atoms with E-state index >= 15 is 0 Å². The molecule has 21 heavy (non-hydrogen) atoms. The van der Waals surface area contributed by atoms with Gasteiger partial charge in [0.1, 0.15) is 6.04 Å². The Morgan fingerprint density at radius 3 is 3.00 bits per heavy atom. The molecule has 1 aliphatic heterocycles. The third-order valence-electron chi connectivity index (χ3n) is 3.91. The van der Waals surface area contributed by atoms with Crippen LogP contribution in [0, 0.1) is 0 Å². The lowest BCUT2D eigenvalue weighted by atomic mass is 10.1. The van der Waals surface area contributed by atoms with Gasteiger partial charge in [0.2, 0.25) is 11.8 Å². The van der Waals surface area contributed by atoms with Crippen molar-refractivity contribution in [3.05, 3.63) is 18.2 Å². The Bertz CT molecular complexity index is 565. The normalized spacial score (nSPS) is 24.5. The average molecular weight is 308 g/mol. The SMILES string of the molecule is CC1(C)SCC(C(=O)NCc2cncn2C2CC2)NC1=O. The van der Waals surface area contributed by atoms with E-state index in [0.29, 0.717) is 18.3 Å². The Morgan fingerprint density at radius 2 is 2.33 bits per heavy atom. The predicted molar refractivity (Wildman–Crippen MR) is 80.8 cm³/mol. The van der Waals surface area contributed by atoms with E-state index in [-0.39, 0.29) is 11.8 Å². The van der Waals surface area contributed by atoms with E-state index in [1.165, 1.54) is 24.6 Å². The van der Waals surface area contributed by atoms with E-state index in [1.54, 1.807) is 6.20 Å². The van der Waals surface area contributed by atoms with E-state index in [2.05, 4.69) is 20.2 Å². The van der Waals surface area contributed by atoms with Gasteiger partial charge in [0.05, 0.1) is 23.3 Å². The number of nitrogens with zero attached hydrogens (tertiary/aromatic N) is 2. The molecule has 7 heteroatoms. The summed E-state index contributed by atoms with van der Waals surface area (Å²) >= 11 is 1.52. The molecule has 0 spiro atoms. The number of aromatic nitrogens is 2. The molecule has 3 rings (SSSR count). The molecule has 0 aromatic carbocycles. The molecule has 0 bridgehead atoms. The number of hydrogen-bond acceptors (Lipinski definition) is 4. The summed E-state index contributed by atoms with van der Waals surface area (Å²) in [6.45, 7) is 4.19. The van der Waals surface area contributed by atoms with Crippen LogP contribution in [0.25, 0.3) is 0 Å². The molecule has 6 nitrogen and oxygen atoms in total. The van der Waals surface area contributed by atoms with Crippen molar-refractivity contribution in [1.82, 2.24) is 20.2 Å². The van der Waals surface area contributed by atoms with E-state index in [1.807, 2.05) is 20.2 Å². The fourth-order valence-corrected chi connectivity index (χ4v) is 3.33. The van der Waals surface area contributed by atoms with Gasteiger partial charge in [0.15, 0.2) is 0 Å². The Balaban J connectivity index is 1.55. The lowest BCUT2D eigenvalue weighted by Gasteiger charge is -2.32. The van der Waals surface area contributed by atoms with Crippen LogP contribution in [-0.2, 0) is 16.1 Å². The van der Waals surface area contributed by atoms with Gasteiger partial charge in [-0.2, -0.15) is 0 Å². The van der Waals surface area contributed by atoms with Crippen LogP contribution in [0.15, 0.2) is 12.5 Å². The molecule has 2 fully saturated rings. The monoisotopic (exact) mass is 308 g/mol. The number of thioether (sulfide) groups is 1. The van der Waals surface area contributed by atoms with Crippen molar-refractivity contribution >= 4 is 23.6 Å². The van der Waals surface area contributed by atoms with Gasteiger partial charge in [0.25, 0.3) is 0 Å². The number of amides is 2. The zero-order valence-electron chi connectivity index (χ0n) is 12.3. The molecule has 2 amide bonds. The maximum Gasteiger partial charge on any atom is 0.243 e. The molecule has 1 saturated heterocycles. The molecule has 1 atom stereocenters. The molecule has 2 heterocycles. The van der Waals surface area contributed by atoms with Gasteiger partial charge in [-0.3, -0.25) is 9.59 Å². The van der Waals surface area contributed by atoms with Crippen LogP contribution < -0.4 is 10.6 Å². The molecule has 1 aliphatic carbocycles. The van der Waals surface area contributed by atoms with Crippen molar-refractivity contribution in [3.63, 3.8) is 0 Å². The molecular formula is C14H20N4O2S. The van der Waals surface area contributed by atoms with Crippen LogP contribution >= 0.6 is 11.8 Å². The molecule has 2 N–H and O–H groups in total. The predicted octanol–water partition coefficient (Wildman–Crippen LogP) is 0.844. The number of carbonyl (C=O) groups is 2. The van der Waals surface area contributed by atoms with Gasteiger partial charge in [0, 0.05) is 18.0 Å². The zero-order valence-corrected chi connectivity index (χ0v) is 13.1. The molecule has 1 aromatic rings. The summed E-state index contributed by atoms with van der Waals surface area (Å²) in [5.74, 6) is 0.392. The highest BCUT2D eigenvalue weighted by atomic mass is 32.2. The Kier molecular flexibility index (Phi) is 3.69. The maximum absolute atomic E-state index is 12.2. The number of imidazole rings is 1. The third kappa shape index (κ3) is 3.07. The second-order valence-electron chi connectivity index (χ2n) is 6.09. The number of nitrogens with one attached hydrogen (secondary N) is 2. The first-order valence-electron chi connectivity index (χ1n) is 7.21. The average Bonchev–Trinajstić information content (AvgIpc) is 3.18. The smallest absolute Gasteiger partial charge is 0.243 e. The summed E-state index contributed by atoms with van der Waals surface area (Å²) in [4.78, 5) is 28.2. The fourth-order valence-electron chi connectivity index (χ4n) is 2.32. The highest BCUT2D eigenvalue weighted by molar-refractivity contribution is 8.01. The van der Waals surface area contributed by atoms with Gasteiger partial charge in [-0.1, -0.05) is 0 Å². The minimum atomic E-state index is -0.457. The van der Waals surface area contributed by atoms with Gasteiger partial charge >= 0.3 is 0 Å². The first-order valence-corrected chi connectivity index (χ1v) is 8.19. The van der Waals surface area contributed by atoms with Gasteiger partial charge in [-0.25, -0.2) is 4.98 Å². The molecule has 1 aromatic heterocycles. The van der Waals surface area contributed by atoms with Crippen LogP contribution in [0.4, 0.5) is 0 Å². The Morgan fingerprint density at radius 1 is 1.57 bits per heavy atom. The zero-order chi connectivity index (χ0) is 15.0. The molecule has 0 radical (unpaired) electrons. The van der Waals surface area contributed by atoms with Crippen LogP contribution in [0.2, 0.25) is 0 Å². The van der Waals surface area contributed by atoms with Gasteiger partial charge in [-0.15, -0.1) is 11.8 Å². The molecule has 1 saturated carbocycles. The van der Waals surface area contributed by atoms with Crippen molar-refractivity contribution in [2.24, 2.45) is 0 Å². The minimum absolute atomic E-state index is 0.0816. The minimum Gasteiger partial charge on any atom is -0.349 e. The summed E-state index contributed by atoms with van der Waals surface area (Å²) in [5, 5.41) is 5.69. The summed E-state index contributed by atoms with van der Waals surface area (Å²) in [7, 11) is 0. The van der Waals surface area contributed by atoms with Crippen LogP contribution in [0.1, 0.15) is 38.4 Å². The topological polar surface area (TPSA) is 76.0 Å². The first-order chi connectivity index (χ1) is 9.97. The van der Waals surface area contributed by atoms with Crippen LogP contribution in [0.5, 0.6) is 0 Å². The van der Waals surface area contributed by atoms with Crippen LogP contribution in [0.3, 0.4) is 0 Å². The van der Waals surface area contributed by atoms with E-state index < -0.39 is 10.8 Å². The van der Waals surface area contributed by atoms with E-state index in [0.717, 1.165) is 5.69 Å². The third-order valence-corrected chi connectivity index (χ3v) is 5.32. The quantitative estimate of drug-likeness (QED) is 0.864. The summed E-state index contributed by atoms with van der Waals surface area (Å²) < 4.78 is 1.67. The lowest BCUT2D eigenvalue weighted by molar-refractivity contribution is -0.129. The lowest BCUT2D eigenvalue weighted by Crippen LogP contribution is -2.57. The van der Waals surface area contributed by atoms with E-state index in [4.69, 9.17) is 0 Å². The Labute approximate surface area is 128 Å². The second-order valence-corrected chi connectivity index (χ2v) is 7.73. The Hall–Kier alpha value is -1.50. The van der Waals surface area contributed by atoms with Crippen molar-refractivity contribution in [2.45, 2.75) is 50.1 Å². The molecule has 114 valence electrons. The first kappa shape index (κ1) is 14.4. The highest BCUT2D eigenvalue weighted by Gasteiger charge is 2.37. The summed E-state index contributed by atoms with van der Waals surface area (Å²) in [5.41, 5.74) is 1.01. The molecular weight excluding hydrogens is 288 g/mol. The van der Waals surface area contributed by atoms with Gasteiger partial charge < -0.3 is 15.2 Å². The van der Waals surface area contributed by atoms with Crippen molar-refractivity contribution in [2.75, 3.05) is 5.75 Å². The summed E-state index contributed by atoms with van der Waals surface area (Å²) in [6, 6.07) is 0.0953. The van der Waals surface area contributed by atoms with Crippen molar-refractivity contribution < 1.29 is 9.59 Å². The maximum atomic E-state index is 12.2. The van der Waals surface area contributed by atoms with E-state index in [9.17, 15) is 9.59 Å². The molecule has 2 aliphatic rings. The highest BCUT2D eigenvalue weighted by Crippen LogP contribution is 2.35. The fraction of sp³-hybridized carbons (Fsp3) is 0.643. The van der Waals surface area contributed by atoms with Crippen molar-refractivity contribution in [1.29, 1.82) is 0 Å². The van der Waals surface area contributed by atoms with Gasteiger partial charge in [-0.05, 0) is 26.7 Å². The molecule has 1 unspecified atom stereocenters. The standard InChI is InChI=1S/C14H20N4O2S/c1-14(2)13(20)17-11(7-21-14)12(19)16-6-10-5-15-8-18(10)9-3-4-9/h5,8-9,11H,3-4,6-7H2,1-2H3,(H,16,19)(H,17,20). The second kappa shape index (κ2) is 5.36. The number of carbonyl (C=O) groups excluding carboxylic acids is 2. The van der Waals surface area contributed by atoms with Crippen molar-refractivity contribution in [3.8, 4) is 0 Å². The summed E-state index contributed by atoms with van der Waals surface area (Å²) in [6.07, 6.45) is 5.97. The van der Waals surface area contributed by atoms with Crippen LogP contribution in [-0.4, -0.2) is 37.9 Å². The largest absolute Gasteiger partial charge is 0.349 e.